The van der Waals surface area contributed by atoms with Crippen LogP contribution in [0, 0.1) is 0 Å². The van der Waals surface area contributed by atoms with E-state index in [9.17, 15) is 4.79 Å². The number of hydrogen-bond donors (Lipinski definition) is 1. The number of carbonyl (C=O) groups excluding carboxylic acids is 1. The van der Waals surface area contributed by atoms with Crippen LogP contribution in [0.2, 0.25) is 0 Å². The molecule has 1 N–H and O–H groups in total. The quantitative estimate of drug-likeness (QED) is 0.487. The molecular formula is C11H23NO3. The van der Waals surface area contributed by atoms with Crippen LogP contribution in [0.3, 0.4) is 0 Å². The predicted molar refractivity (Wildman–Crippen MR) is 59.7 cm³/mol. The molecule has 1 atom stereocenters. The number of hydrogen-bond acceptors (Lipinski definition) is 4. The van der Waals surface area contributed by atoms with Crippen molar-refractivity contribution >= 4 is 5.97 Å². The third-order valence-corrected chi connectivity index (χ3v) is 2.09. The maximum Gasteiger partial charge on any atom is 0.320 e. The van der Waals surface area contributed by atoms with Crippen molar-refractivity contribution in [1.82, 2.24) is 4.90 Å². The second-order valence-electron chi connectivity index (χ2n) is 3.95. The van der Waals surface area contributed by atoms with E-state index in [0.29, 0.717) is 26.1 Å². The topological polar surface area (TPSA) is 49.8 Å². The summed E-state index contributed by atoms with van der Waals surface area (Å²) >= 11 is 0. The molecule has 4 nitrogen and oxygen atoms in total. The summed E-state index contributed by atoms with van der Waals surface area (Å²) in [6, 6.07) is 0. The highest BCUT2D eigenvalue weighted by molar-refractivity contribution is 5.71. The van der Waals surface area contributed by atoms with Gasteiger partial charge in [0.05, 0.1) is 19.3 Å². The molecule has 90 valence electrons. The first kappa shape index (κ1) is 14.4. The van der Waals surface area contributed by atoms with E-state index in [1.807, 2.05) is 11.9 Å². The van der Waals surface area contributed by atoms with Gasteiger partial charge in [-0.3, -0.25) is 9.69 Å². The van der Waals surface area contributed by atoms with Crippen LogP contribution < -0.4 is 0 Å². The summed E-state index contributed by atoms with van der Waals surface area (Å²) in [4.78, 5) is 13.1. The van der Waals surface area contributed by atoms with Crippen LogP contribution in [-0.2, 0) is 9.53 Å². The van der Waals surface area contributed by atoms with Gasteiger partial charge in [0, 0.05) is 6.54 Å². The Kier molecular flexibility index (Phi) is 8.33. The van der Waals surface area contributed by atoms with E-state index in [4.69, 9.17) is 9.84 Å². The molecule has 0 saturated heterocycles. The van der Waals surface area contributed by atoms with Crippen LogP contribution in [-0.4, -0.2) is 48.8 Å². The minimum Gasteiger partial charge on any atom is -0.465 e. The molecular weight excluding hydrogens is 194 g/mol. The van der Waals surface area contributed by atoms with Crippen molar-refractivity contribution < 1.29 is 14.6 Å². The van der Waals surface area contributed by atoms with E-state index < -0.39 is 0 Å². The number of unbranched alkanes of at least 4 members (excludes halogenated alkanes) is 1. The molecule has 0 spiro atoms. The zero-order valence-corrected chi connectivity index (χ0v) is 10.0. The van der Waals surface area contributed by atoms with Gasteiger partial charge in [0.15, 0.2) is 0 Å². The van der Waals surface area contributed by atoms with Crippen LogP contribution in [0.5, 0.6) is 0 Å². The Balaban J connectivity index is 3.49. The molecule has 4 heteroatoms. The van der Waals surface area contributed by atoms with Crippen LogP contribution in [0.25, 0.3) is 0 Å². The summed E-state index contributed by atoms with van der Waals surface area (Å²) in [5, 5.41) is 9.07. The van der Waals surface area contributed by atoms with Gasteiger partial charge in [-0.2, -0.15) is 0 Å². The van der Waals surface area contributed by atoms with Crippen molar-refractivity contribution in [2.24, 2.45) is 0 Å². The van der Waals surface area contributed by atoms with E-state index in [-0.39, 0.29) is 12.1 Å². The number of rotatable bonds is 8. The monoisotopic (exact) mass is 217 g/mol. The zero-order valence-electron chi connectivity index (χ0n) is 10.0. The molecule has 0 radical (unpaired) electrons. The van der Waals surface area contributed by atoms with Crippen LogP contribution in [0.4, 0.5) is 0 Å². The third-order valence-electron chi connectivity index (χ3n) is 2.09. The summed E-state index contributed by atoms with van der Waals surface area (Å²) in [5.41, 5.74) is 0. The number of aliphatic hydroxyl groups is 1. The van der Waals surface area contributed by atoms with E-state index in [0.717, 1.165) is 12.8 Å². The Bertz CT molecular complexity index is 171. The van der Waals surface area contributed by atoms with E-state index in [1.54, 1.807) is 6.92 Å². The van der Waals surface area contributed by atoms with Gasteiger partial charge in [-0.05, 0) is 26.8 Å². The lowest BCUT2D eigenvalue weighted by Crippen LogP contribution is -2.29. The lowest BCUT2D eigenvalue weighted by atomic mass is 10.3. The SMILES string of the molecule is CCCCOC(=O)CN(C)CCC(C)O. The summed E-state index contributed by atoms with van der Waals surface area (Å²) < 4.78 is 5.02. The molecule has 0 aliphatic heterocycles. The van der Waals surface area contributed by atoms with Gasteiger partial charge >= 0.3 is 5.97 Å². The summed E-state index contributed by atoms with van der Waals surface area (Å²) in [6.07, 6.45) is 2.32. The van der Waals surface area contributed by atoms with Gasteiger partial charge in [-0.1, -0.05) is 13.3 Å². The number of ether oxygens (including phenoxy) is 1. The van der Waals surface area contributed by atoms with Crippen molar-refractivity contribution in [3.05, 3.63) is 0 Å². The third kappa shape index (κ3) is 9.69. The van der Waals surface area contributed by atoms with Crippen molar-refractivity contribution in [1.29, 1.82) is 0 Å². The Hall–Kier alpha value is -0.610. The number of esters is 1. The molecule has 0 bridgehead atoms. The molecule has 0 amide bonds. The maximum absolute atomic E-state index is 11.2. The molecule has 0 rings (SSSR count). The molecule has 15 heavy (non-hydrogen) atoms. The first-order chi connectivity index (χ1) is 7.06. The lowest BCUT2D eigenvalue weighted by molar-refractivity contribution is -0.144. The second-order valence-corrected chi connectivity index (χ2v) is 3.95. The molecule has 0 saturated carbocycles. The number of carbonyl (C=O) groups is 1. The number of nitrogens with zero attached hydrogens (tertiary/aromatic N) is 1. The first-order valence-electron chi connectivity index (χ1n) is 5.58. The molecule has 0 aromatic heterocycles. The van der Waals surface area contributed by atoms with Crippen LogP contribution >= 0.6 is 0 Å². The van der Waals surface area contributed by atoms with Crippen molar-refractivity contribution in [3.8, 4) is 0 Å². The molecule has 0 aromatic carbocycles. The van der Waals surface area contributed by atoms with Gasteiger partial charge in [0.25, 0.3) is 0 Å². The number of likely N-dealkylation sites (N-methyl/N-ethyl adjacent to an activating group) is 1. The van der Waals surface area contributed by atoms with Gasteiger partial charge in [-0.25, -0.2) is 0 Å². The smallest absolute Gasteiger partial charge is 0.320 e. The highest BCUT2D eigenvalue weighted by Crippen LogP contribution is 1.95. The van der Waals surface area contributed by atoms with Gasteiger partial charge < -0.3 is 9.84 Å². The maximum atomic E-state index is 11.2. The van der Waals surface area contributed by atoms with E-state index in [2.05, 4.69) is 6.92 Å². The summed E-state index contributed by atoms with van der Waals surface area (Å²) in [6.45, 7) is 5.33. The molecule has 0 fully saturated rings. The Morgan fingerprint density at radius 2 is 2.20 bits per heavy atom. The Morgan fingerprint density at radius 3 is 2.73 bits per heavy atom. The van der Waals surface area contributed by atoms with Crippen molar-refractivity contribution in [2.75, 3.05) is 26.7 Å². The van der Waals surface area contributed by atoms with Crippen LogP contribution in [0.1, 0.15) is 33.1 Å². The summed E-state index contributed by atoms with van der Waals surface area (Å²) in [5.74, 6) is -0.184. The Morgan fingerprint density at radius 1 is 1.53 bits per heavy atom. The average Bonchev–Trinajstić information content (AvgIpc) is 2.15. The predicted octanol–water partition coefficient (Wildman–Crippen LogP) is 1.03. The largest absolute Gasteiger partial charge is 0.465 e. The second kappa shape index (κ2) is 8.68. The zero-order chi connectivity index (χ0) is 11.7. The molecule has 1 unspecified atom stereocenters. The first-order valence-corrected chi connectivity index (χ1v) is 5.58. The van der Waals surface area contributed by atoms with E-state index in [1.165, 1.54) is 0 Å². The van der Waals surface area contributed by atoms with Crippen molar-refractivity contribution in [2.45, 2.75) is 39.2 Å². The highest BCUT2D eigenvalue weighted by Gasteiger charge is 2.08. The van der Waals surface area contributed by atoms with Gasteiger partial charge in [-0.15, -0.1) is 0 Å². The highest BCUT2D eigenvalue weighted by atomic mass is 16.5. The standard InChI is InChI=1S/C11H23NO3/c1-4-5-8-15-11(14)9-12(3)7-6-10(2)13/h10,13H,4-9H2,1-3H3. The molecule has 0 aliphatic rings. The van der Waals surface area contributed by atoms with Gasteiger partial charge in [0.1, 0.15) is 0 Å². The summed E-state index contributed by atoms with van der Waals surface area (Å²) in [7, 11) is 1.85. The average molecular weight is 217 g/mol. The van der Waals surface area contributed by atoms with Crippen molar-refractivity contribution in [3.63, 3.8) is 0 Å². The van der Waals surface area contributed by atoms with Crippen LogP contribution in [0.15, 0.2) is 0 Å². The lowest BCUT2D eigenvalue weighted by Gasteiger charge is -2.16. The Labute approximate surface area is 92.2 Å². The fraction of sp³-hybridized carbons (Fsp3) is 0.909. The minimum atomic E-state index is -0.316. The molecule has 0 heterocycles. The van der Waals surface area contributed by atoms with E-state index >= 15 is 0 Å². The molecule has 0 aliphatic carbocycles. The van der Waals surface area contributed by atoms with Gasteiger partial charge in [0.2, 0.25) is 0 Å². The normalized spacial score (nSPS) is 12.9. The molecule has 0 aromatic rings. The fourth-order valence-electron chi connectivity index (χ4n) is 1.08. The fourth-order valence-corrected chi connectivity index (χ4v) is 1.08. The number of aliphatic hydroxyl groups excluding tert-OH is 1. The minimum absolute atomic E-state index is 0.184.